The quantitative estimate of drug-likeness (QED) is 0.698. The smallest absolute Gasteiger partial charge is 0.323 e. The van der Waals surface area contributed by atoms with Crippen molar-refractivity contribution < 1.29 is 19.1 Å². The summed E-state index contributed by atoms with van der Waals surface area (Å²) in [5, 5.41) is 8.48. The molecule has 3 amide bonds. The van der Waals surface area contributed by atoms with Crippen molar-refractivity contribution in [1.82, 2.24) is 0 Å². The number of rotatable bonds is 6. The van der Waals surface area contributed by atoms with Gasteiger partial charge in [0.15, 0.2) is 0 Å². The Morgan fingerprint density at radius 1 is 0.923 bits per heavy atom. The van der Waals surface area contributed by atoms with E-state index in [4.69, 9.17) is 21.1 Å². The van der Waals surface area contributed by atoms with E-state index in [0.717, 1.165) is 0 Å². The molecule has 0 radical (unpaired) electrons. The van der Waals surface area contributed by atoms with Gasteiger partial charge in [0.2, 0.25) is 5.91 Å². The minimum Gasteiger partial charge on any atom is -0.494 e. The van der Waals surface area contributed by atoms with Gasteiger partial charge in [-0.2, -0.15) is 0 Å². The van der Waals surface area contributed by atoms with Gasteiger partial charge >= 0.3 is 6.03 Å². The van der Waals surface area contributed by atoms with Crippen LogP contribution in [0.25, 0.3) is 0 Å². The molecule has 3 N–H and O–H groups in total. The van der Waals surface area contributed by atoms with Crippen molar-refractivity contribution in [2.75, 3.05) is 30.2 Å². The number of urea groups is 1. The lowest BCUT2D eigenvalue weighted by Gasteiger charge is -2.16. The van der Waals surface area contributed by atoms with E-state index >= 15 is 0 Å². The molecular formula is C18H20ClN3O4. The predicted molar refractivity (Wildman–Crippen MR) is 103 cm³/mol. The highest BCUT2D eigenvalue weighted by atomic mass is 35.5. The van der Waals surface area contributed by atoms with Crippen LogP contribution in [-0.4, -0.2) is 26.2 Å². The number of para-hydroxylation sites is 1. The molecule has 0 aliphatic carbocycles. The molecule has 2 aromatic rings. The number of carbonyl (C=O) groups excluding carboxylic acids is 2. The highest BCUT2D eigenvalue weighted by Gasteiger charge is 2.15. The van der Waals surface area contributed by atoms with Crippen molar-refractivity contribution in [2.24, 2.45) is 0 Å². The summed E-state index contributed by atoms with van der Waals surface area (Å²) in [4.78, 5) is 23.9. The number of methoxy groups -OCH3 is 2. The lowest BCUT2D eigenvalue weighted by atomic mass is 10.2. The van der Waals surface area contributed by atoms with Gasteiger partial charge in [-0.25, -0.2) is 4.79 Å². The third kappa shape index (κ3) is 4.80. The molecule has 2 rings (SSSR count). The van der Waals surface area contributed by atoms with Crippen LogP contribution in [-0.2, 0) is 4.79 Å². The number of hydrogen-bond donors (Lipinski definition) is 3. The number of ether oxygens (including phenoxy) is 2. The van der Waals surface area contributed by atoms with Crippen LogP contribution in [0.3, 0.4) is 0 Å². The number of amides is 3. The zero-order valence-electron chi connectivity index (χ0n) is 14.7. The average Bonchev–Trinajstić information content (AvgIpc) is 2.64. The van der Waals surface area contributed by atoms with E-state index in [1.807, 2.05) is 0 Å². The first kappa shape index (κ1) is 19.4. The second kappa shape index (κ2) is 8.96. The first-order valence-corrected chi connectivity index (χ1v) is 8.24. The van der Waals surface area contributed by atoms with Crippen molar-refractivity contribution in [3.8, 4) is 11.5 Å². The summed E-state index contributed by atoms with van der Waals surface area (Å²) >= 11 is 6.03. The Morgan fingerprint density at radius 3 is 2.00 bits per heavy atom. The van der Waals surface area contributed by atoms with Crippen molar-refractivity contribution in [3.05, 3.63) is 41.4 Å². The fourth-order valence-electron chi connectivity index (χ4n) is 2.17. The summed E-state index contributed by atoms with van der Waals surface area (Å²) in [5.41, 5.74) is 1.31. The molecule has 0 heterocycles. The molecule has 0 atom stereocenters. The molecule has 0 aliphatic rings. The zero-order valence-corrected chi connectivity index (χ0v) is 15.4. The first-order chi connectivity index (χ1) is 12.5. The highest BCUT2D eigenvalue weighted by molar-refractivity contribution is 6.33. The van der Waals surface area contributed by atoms with E-state index < -0.39 is 6.03 Å². The van der Waals surface area contributed by atoms with E-state index in [0.29, 0.717) is 40.0 Å². The number of halogens is 1. The van der Waals surface area contributed by atoms with Crippen LogP contribution in [0.2, 0.25) is 5.02 Å². The highest BCUT2D eigenvalue weighted by Crippen LogP contribution is 2.36. The van der Waals surface area contributed by atoms with Gasteiger partial charge in [0.25, 0.3) is 0 Å². The number of anilines is 3. The predicted octanol–water partition coefficient (Wildman–Crippen LogP) is 4.35. The van der Waals surface area contributed by atoms with Crippen LogP contribution in [0.1, 0.15) is 13.3 Å². The Hall–Kier alpha value is -2.93. The average molecular weight is 378 g/mol. The Labute approximate surface area is 156 Å². The van der Waals surface area contributed by atoms with Crippen molar-refractivity contribution in [3.63, 3.8) is 0 Å². The molecule has 0 fully saturated rings. The molecule has 26 heavy (non-hydrogen) atoms. The van der Waals surface area contributed by atoms with E-state index in [9.17, 15) is 9.59 Å². The maximum Gasteiger partial charge on any atom is 0.323 e. The van der Waals surface area contributed by atoms with Gasteiger partial charge < -0.3 is 25.4 Å². The van der Waals surface area contributed by atoms with Crippen molar-refractivity contribution >= 4 is 40.6 Å². The summed E-state index contributed by atoms with van der Waals surface area (Å²) in [6.45, 7) is 1.74. The maximum atomic E-state index is 12.3. The van der Waals surface area contributed by atoms with Crippen LogP contribution in [0.5, 0.6) is 11.5 Å². The molecular weight excluding hydrogens is 358 g/mol. The molecule has 0 bridgehead atoms. The molecule has 2 aromatic carbocycles. The monoisotopic (exact) mass is 377 g/mol. The Bertz CT molecular complexity index is 811. The maximum absolute atomic E-state index is 12.3. The Kier molecular flexibility index (Phi) is 6.68. The lowest BCUT2D eigenvalue weighted by molar-refractivity contribution is -0.115. The second-order valence-electron chi connectivity index (χ2n) is 5.21. The third-order valence-electron chi connectivity index (χ3n) is 3.49. The Balaban J connectivity index is 2.23. The van der Waals surface area contributed by atoms with Gasteiger partial charge in [-0.1, -0.05) is 30.7 Å². The minimum absolute atomic E-state index is 0.164. The van der Waals surface area contributed by atoms with E-state index in [1.165, 1.54) is 14.2 Å². The standard InChI is InChI=1S/C18H20ClN3O4/c1-4-17(23)20-13-9-16(26-3)14(10-15(13)25-2)22-18(24)21-12-8-6-5-7-11(12)19/h5-10H,4H2,1-3H3,(H,20,23)(H2,21,22,24). The topological polar surface area (TPSA) is 88.7 Å². The van der Waals surface area contributed by atoms with E-state index in [1.54, 1.807) is 43.3 Å². The molecule has 0 unspecified atom stereocenters. The number of nitrogens with one attached hydrogen (secondary N) is 3. The first-order valence-electron chi connectivity index (χ1n) is 7.86. The molecule has 0 spiro atoms. The minimum atomic E-state index is -0.496. The number of benzene rings is 2. The molecule has 0 aromatic heterocycles. The molecule has 0 saturated carbocycles. The molecule has 8 heteroatoms. The number of carbonyl (C=O) groups is 2. The zero-order chi connectivity index (χ0) is 19.1. The van der Waals surface area contributed by atoms with Crippen LogP contribution in [0.15, 0.2) is 36.4 Å². The van der Waals surface area contributed by atoms with Gasteiger partial charge in [0, 0.05) is 18.6 Å². The SMILES string of the molecule is CCC(=O)Nc1cc(OC)c(NC(=O)Nc2ccccc2Cl)cc1OC. The lowest BCUT2D eigenvalue weighted by Crippen LogP contribution is -2.20. The Morgan fingerprint density at radius 2 is 1.46 bits per heavy atom. The molecule has 7 nitrogen and oxygen atoms in total. The van der Waals surface area contributed by atoms with Crippen LogP contribution in [0, 0.1) is 0 Å². The summed E-state index contributed by atoms with van der Waals surface area (Å²) in [5.74, 6) is 0.592. The largest absolute Gasteiger partial charge is 0.494 e. The van der Waals surface area contributed by atoms with Gasteiger partial charge in [-0.15, -0.1) is 0 Å². The summed E-state index contributed by atoms with van der Waals surface area (Å²) in [7, 11) is 2.93. The van der Waals surface area contributed by atoms with E-state index in [-0.39, 0.29) is 5.91 Å². The second-order valence-corrected chi connectivity index (χ2v) is 5.62. The van der Waals surface area contributed by atoms with Crippen LogP contribution < -0.4 is 25.4 Å². The summed E-state index contributed by atoms with van der Waals surface area (Å²) in [6.07, 6.45) is 0.325. The van der Waals surface area contributed by atoms with Gasteiger partial charge in [-0.05, 0) is 12.1 Å². The van der Waals surface area contributed by atoms with Crippen molar-refractivity contribution in [1.29, 1.82) is 0 Å². The fourth-order valence-corrected chi connectivity index (χ4v) is 2.35. The van der Waals surface area contributed by atoms with Crippen LogP contribution in [0.4, 0.5) is 21.9 Å². The van der Waals surface area contributed by atoms with Crippen LogP contribution >= 0.6 is 11.6 Å². The van der Waals surface area contributed by atoms with Gasteiger partial charge in [0.05, 0.1) is 36.3 Å². The normalized spacial score (nSPS) is 10.0. The molecule has 0 saturated heterocycles. The fraction of sp³-hybridized carbons (Fsp3) is 0.222. The van der Waals surface area contributed by atoms with Gasteiger partial charge in [0.1, 0.15) is 11.5 Å². The molecule has 138 valence electrons. The third-order valence-corrected chi connectivity index (χ3v) is 3.82. The van der Waals surface area contributed by atoms with Gasteiger partial charge in [-0.3, -0.25) is 4.79 Å². The summed E-state index contributed by atoms with van der Waals surface area (Å²) < 4.78 is 10.6. The van der Waals surface area contributed by atoms with Crippen molar-refractivity contribution in [2.45, 2.75) is 13.3 Å². The number of hydrogen-bond acceptors (Lipinski definition) is 4. The van der Waals surface area contributed by atoms with E-state index in [2.05, 4.69) is 16.0 Å². The summed E-state index contributed by atoms with van der Waals surface area (Å²) in [6, 6.07) is 9.53. The molecule has 0 aliphatic heterocycles.